The molecular weight excluding hydrogens is 370 g/mol. The molecule has 1 aromatic carbocycles. The number of hydrogen-bond donors (Lipinski definition) is 2. The van der Waals surface area contributed by atoms with Crippen molar-refractivity contribution in [2.24, 2.45) is 7.05 Å². The lowest BCUT2D eigenvalue weighted by Gasteiger charge is -2.06. The highest BCUT2D eigenvalue weighted by Gasteiger charge is 2.15. The van der Waals surface area contributed by atoms with E-state index >= 15 is 0 Å². The second-order valence-electron chi connectivity index (χ2n) is 6.67. The lowest BCUT2D eigenvalue weighted by Crippen LogP contribution is -2.26. The number of rotatable bonds is 6. The van der Waals surface area contributed by atoms with Crippen molar-refractivity contribution in [3.63, 3.8) is 0 Å². The number of nitrogens with one attached hydrogen (secondary N) is 2. The second kappa shape index (κ2) is 7.75. The van der Waals surface area contributed by atoms with E-state index in [1.165, 1.54) is 0 Å². The summed E-state index contributed by atoms with van der Waals surface area (Å²) in [6.45, 7) is 2.32. The van der Waals surface area contributed by atoms with E-state index in [1.54, 1.807) is 25.4 Å². The molecule has 0 atom stereocenters. The van der Waals surface area contributed by atoms with Crippen LogP contribution < -0.4 is 5.32 Å². The summed E-state index contributed by atoms with van der Waals surface area (Å²) in [5.41, 5.74) is 4.88. The molecule has 3 heterocycles. The largest absolute Gasteiger partial charge is 0.466 e. The van der Waals surface area contributed by atoms with Crippen molar-refractivity contribution in [1.29, 1.82) is 0 Å². The molecule has 4 aromatic rings. The standard InChI is InChI=1S/C21H21N5O3/c1-3-29-19(27)6-7-24-21(28)13-4-5-18-14(10-13)15(12-26(18)2)16-11-17-20(25-16)23-9-8-22-17/h4-5,8-12H,3,6-7H2,1-2H3,(H,23,25)(H,24,28). The van der Waals surface area contributed by atoms with Crippen molar-refractivity contribution < 1.29 is 14.3 Å². The fraction of sp³-hybridized carbons (Fsp3) is 0.238. The van der Waals surface area contributed by atoms with Crippen LogP contribution in [0.1, 0.15) is 23.7 Å². The number of aromatic amines is 1. The molecule has 0 unspecified atom stereocenters. The average Bonchev–Trinajstić information content (AvgIpc) is 3.29. The molecule has 1 amide bonds. The van der Waals surface area contributed by atoms with Crippen molar-refractivity contribution >= 4 is 33.9 Å². The number of amides is 1. The zero-order valence-electron chi connectivity index (χ0n) is 16.2. The van der Waals surface area contributed by atoms with Crippen LogP contribution >= 0.6 is 0 Å². The van der Waals surface area contributed by atoms with Crippen LogP contribution in [0, 0.1) is 0 Å². The van der Waals surface area contributed by atoms with Gasteiger partial charge >= 0.3 is 5.97 Å². The average molecular weight is 391 g/mol. The number of benzene rings is 1. The third-order valence-corrected chi connectivity index (χ3v) is 4.72. The van der Waals surface area contributed by atoms with E-state index in [0.717, 1.165) is 27.7 Å². The van der Waals surface area contributed by atoms with E-state index in [0.29, 0.717) is 17.8 Å². The molecule has 0 saturated heterocycles. The van der Waals surface area contributed by atoms with Gasteiger partial charge in [-0.05, 0) is 31.2 Å². The second-order valence-corrected chi connectivity index (χ2v) is 6.67. The maximum atomic E-state index is 12.5. The first-order valence-electron chi connectivity index (χ1n) is 9.40. The van der Waals surface area contributed by atoms with Crippen LogP contribution in [-0.4, -0.2) is 44.5 Å². The molecule has 4 rings (SSSR count). The van der Waals surface area contributed by atoms with Gasteiger partial charge in [-0.2, -0.15) is 0 Å². The van der Waals surface area contributed by atoms with E-state index in [1.807, 2.05) is 36.0 Å². The molecule has 8 heteroatoms. The van der Waals surface area contributed by atoms with Gasteiger partial charge in [-0.3, -0.25) is 14.6 Å². The minimum atomic E-state index is -0.324. The van der Waals surface area contributed by atoms with Gasteiger partial charge < -0.3 is 19.6 Å². The minimum Gasteiger partial charge on any atom is -0.466 e. The van der Waals surface area contributed by atoms with Gasteiger partial charge in [0.1, 0.15) is 5.52 Å². The maximum absolute atomic E-state index is 12.5. The highest BCUT2D eigenvalue weighted by Crippen LogP contribution is 2.31. The van der Waals surface area contributed by atoms with Crippen LogP contribution in [0.25, 0.3) is 33.3 Å². The number of carbonyl (C=O) groups is 2. The van der Waals surface area contributed by atoms with Gasteiger partial charge in [0, 0.05) is 54.2 Å². The first kappa shape index (κ1) is 18.7. The topological polar surface area (TPSA) is 102 Å². The van der Waals surface area contributed by atoms with E-state index in [2.05, 4.69) is 20.3 Å². The highest BCUT2D eigenvalue weighted by molar-refractivity contribution is 6.03. The molecule has 8 nitrogen and oxygen atoms in total. The van der Waals surface area contributed by atoms with E-state index in [-0.39, 0.29) is 24.8 Å². The molecular formula is C21H21N5O3. The minimum absolute atomic E-state index is 0.146. The monoisotopic (exact) mass is 391 g/mol. The number of esters is 1. The number of H-pyrrole nitrogens is 1. The molecule has 3 aromatic heterocycles. The quantitative estimate of drug-likeness (QED) is 0.492. The summed E-state index contributed by atoms with van der Waals surface area (Å²) in [6, 6.07) is 7.50. The van der Waals surface area contributed by atoms with Crippen LogP contribution in [0.15, 0.2) is 42.9 Å². The Morgan fingerprint density at radius 3 is 2.83 bits per heavy atom. The van der Waals surface area contributed by atoms with Crippen LogP contribution in [0.5, 0.6) is 0 Å². The molecule has 0 spiro atoms. The van der Waals surface area contributed by atoms with Crippen LogP contribution in [0.3, 0.4) is 0 Å². The summed E-state index contributed by atoms with van der Waals surface area (Å²) in [5.74, 6) is -0.555. The predicted molar refractivity (Wildman–Crippen MR) is 109 cm³/mol. The molecule has 0 fully saturated rings. The number of hydrogen-bond acceptors (Lipinski definition) is 5. The van der Waals surface area contributed by atoms with Crippen molar-refractivity contribution in [2.45, 2.75) is 13.3 Å². The zero-order chi connectivity index (χ0) is 20.4. The third kappa shape index (κ3) is 3.69. The Morgan fingerprint density at radius 1 is 1.21 bits per heavy atom. The summed E-state index contributed by atoms with van der Waals surface area (Å²) in [5, 5.41) is 3.71. The van der Waals surface area contributed by atoms with Crippen molar-refractivity contribution in [3.8, 4) is 11.3 Å². The van der Waals surface area contributed by atoms with Crippen LogP contribution in [0.4, 0.5) is 0 Å². The molecule has 0 aliphatic heterocycles. The molecule has 148 valence electrons. The van der Waals surface area contributed by atoms with Gasteiger partial charge in [-0.15, -0.1) is 0 Å². The molecule has 0 radical (unpaired) electrons. The fourth-order valence-electron chi connectivity index (χ4n) is 3.36. The first-order valence-corrected chi connectivity index (χ1v) is 9.40. The molecule has 0 aliphatic carbocycles. The highest BCUT2D eigenvalue weighted by atomic mass is 16.5. The fourth-order valence-corrected chi connectivity index (χ4v) is 3.36. The van der Waals surface area contributed by atoms with Gasteiger partial charge in [0.05, 0.1) is 18.7 Å². The summed E-state index contributed by atoms with van der Waals surface area (Å²) in [4.78, 5) is 35.8. The Balaban J connectivity index is 1.62. The SMILES string of the molecule is CCOC(=O)CCNC(=O)c1ccc2c(c1)c(-c1cc3nccnc3[nH]1)cn2C. The molecule has 0 aliphatic rings. The molecule has 2 N–H and O–H groups in total. The molecule has 0 bridgehead atoms. The summed E-state index contributed by atoms with van der Waals surface area (Å²) >= 11 is 0. The molecule has 29 heavy (non-hydrogen) atoms. The number of aromatic nitrogens is 4. The third-order valence-electron chi connectivity index (χ3n) is 4.72. The van der Waals surface area contributed by atoms with Gasteiger partial charge in [-0.1, -0.05) is 0 Å². The normalized spacial score (nSPS) is 11.1. The Hall–Kier alpha value is -3.68. The summed E-state index contributed by atoms with van der Waals surface area (Å²) in [7, 11) is 1.96. The predicted octanol–water partition coefficient (Wildman–Crippen LogP) is 2.80. The summed E-state index contributed by atoms with van der Waals surface area (Å²) < 4.78 is 6.89. The van der Waals surface area contributed by atoms with Crippen LogP contribution in [0.2, 0.25) is 0 Å². The van der Waals surface area contributed by atoms with Gasteiger partial charge in [0.25, 0.3) is 5.91 Å². The number of carbonyl (C=O) groups excluding carboxylic acids is 2. The van der Waals surface area contributed by atoms with E-state index in [9.17, 15) is 9.59 Å². The Bertz CT molecular complexity index is 1170. The van der Waals surface area contributed by atoms with Gasteiger partial charge in [0.15, 0.2) is 5.65 Å². The number of fused-ring (bicyclic) bond motifs is 2. The lowest BCUT2D eigenvalue weighted by atomic mass is 10.1. The number of aryl methyl sites for hydroxylation is 1. The summed E-state index contributed by atoms with van der Waals surface area (Å²) in [6.07, 6.45) is 5.46. The van der Waals surface area contributed by atoms with Gasteiger partial charge in [0.2, 0.25) is 0 Å². The molecule has 0 saturated carbocycles. The van der Waals surface area contributed by atoms with E-state index in [4.69, 9.17) is 4.74 Å². The lowest BCUT2D eigenvalue weighted by molar-refractivity contribution is -0.142. The Labute approximate surface area is 166 Å². The van der Waals surface area contributed by atoms with Gasteiger partial charge in [-0.25, -0.2) is 4.98 Å². The van der Waals surface area contributed by atoms with E-state index < -0.39 is 0 Å². The van der Waals surface area contributed by atoms with Crippen molar-refractivity contribution in [2.75, 3.05) is 13.2 Å². The van der Waals surface area contributed by atoms with Crippen molar-refractivity contribution in [1.82, 2.24) is 24.8 Å². The Morgan fingerprint density at radius 2 is 2.03 bits per heavy atom. The van der Waals surface area contributed by atoms with Crippen LogP contribution in [-0.2, 0) is 16.6 Å². The number of ether oxygens (including phenoxy) is 1. The Kier molecular flexibility index (Phi) is 4.99. The van der Waals surface area contributed by atoms with Crippen molar-refractivity contribution in [3.05, 3.63) is 48.4 Å². The first-order chi connectivity index (χ1) is 14.1. The smallest absolute Gasteiger partial charge is 0.307 e. The maximum Gasteiger partial charge on any atom is 0.307 e. The zero-order valence-corrected chi connectivity index (χ0v) is 16.2. The number of nitrogens with zero attached hydrogens (tertiary/aromatic N) is 3.